The van der Waals surface area contributed by atoms with Crippen molar-refractivity contribution in [2.75, 3.05) is 20.1 Å². The Balaban J connectivity index is 2.07. The summed E-state index contributed by atoms with van der Waals surface area (Å²) in [6, 6.07) is 0.312. The van der Waals surface area contributed by atoms with Crippen molar-refractivity contribution >= 4 is 0 Å². The molecule has 1 unspecified atom stereocenters. The number of hydrogen-bond acceptors (Lipinski definition) is 4. The first kappa shape index (κ1) is 15.2. The number of aromatic nitrogens is 3. The lowest BCUT2D eigenvalue weighted by atomic mass is 10.0. The normalized spacial score (nSPS) is 18.4. The van der Waals surface area contributed by atoms with Crippen LogP contribution in [0.1, 0.15) is 25.5 Å². The molecule has 0 spiro atoms. The quantitative estimate of drug-likeness (QED) is 0.910. The van der Waals surface area contributed by atoms with Crippen LogP contribution in [0.25, 0.3) is 0 Å². The maximum Gasteiger partial charge on any atom is 0.451 e. The molecule has 0 bridgehead atoms. The molecule has 0 aromatic carbocycles. The standard InChI is InChI=1S/C12H20F3N5/c1-8(2)9(16-3)6-19-4-5-20-10(7-19)17-18-11(20)12(13,14)15/h8-9,16H,4-7H2,1-3H3. The van der Waals surface area contributed by atoms with E-state index in [1.54, 1.807) is 0 Å². The first-order chi connectivity index (χ1) is 9.32. The Morgan fingerprint density at radius 1 is 1.25 bits per heavy atom. The summed E-state index contributed by atoms with van der Waals surface area (Å²) >= 11 is 0. The minimum absolute atomic E-state index is 0.283. The van der Waals surface area contributed by atoms with Gasteiger partial charge < -0.3 is 9.88 Å². The second-order valence-corrected chi connectivity index (χ2v) is 5.46. The van der Waals surface area contributed by atoms with E-state index in [1.165, 1.54) is 4.57 Å². The fourth-order valence-electron chi connectivity index (χ4n) is 2.49. The van der Waals surface area contributed by atoms with Gasteiger partial charge in [0.05, 0.1) is 6.54 Å². The van der Waals surface area contributed by atoms with Gasteiger partial charge in [-0.2, -0.15) is 13.2 Å². The molecule has 0 saturated heterocycles. The van der Waals surface area contributed by atoms with Crippen molar-refractivity contribution in [1.29, 1.82) is 0 Å². The van der Waals surface area contributed by atoms with Gasteiger partial charge in [-0.3, -0.25) is 4.90 Å². The molecule has 8 heteroatoms. The summed E-state index contributed by atoms with van der Waals surface area (Å²) in [5.74, 6) is -0.0334. The smallest absolute Gasteiger partial charge is 0.315 e. The van der Waals surface area contributed by atoms with Gasteiger partial charge in [0, 0.05) is 25.7 Å². The van der Waals surface area contributed by atoms with Crippen LogP contribution in [0.4, 0.5) is 13.2 Å². The number of nitrogens with zero attached hydrogens (tertiary/aromatic N) is 4. The second-order valence-electron chi connectivity index (χ2n) is 5.46. The van der Waals surface area contributed by atoms with Gasteiger partial charge in [-0.1, -0.05) is 13.8 Å². The Morgan fingerprint density at radius 3 is 2.50 bits per heavy atom. The van der Waals surface area contributed by atoms with Crippen LogP contribution in [-0.4, -0.2) is 45.8 Å². The zero-order valence-electron chi connectivity index (χ0n) is 11.9. The summed E-state index contributed by atoms with van der Waals surface area (Å²) in [5.41, 5.74) is 0. The van der Waals surface area contributed by atoms with Crippen molar-refractivity contribution < 1.29 is 13.2 Å². The lowest BCUT2D eigenvalue weighted by Gasteiger charge is -2.32. The molecular weight excluding hydrogens is 271 g/mol. The topological polar surface area (TPSA) is 46.0 Å². The van der Waals surface area contributed by atoms with E-state index in [1.807, 2.05) is 7.05 Å². The SMILES string of the molecule is CNC(CN1CCn2c(nnc2C(F)(F)F)C1)C(C)C. The highest BCUT2D eigenvalue weighted by Crippen LogP contribution is 2.29. The van der Waals surface area contributed by atoms with Crippen molar-refractivity contribution in [2.24, 2.45) is 5.92 Å². The number of likely N-dealkylation sites (N-methyl/N-ethyl adjacent to an activating group) is 1. The van der Waals surface area contributed by atoms with E-state index in [-0.39, 0.29) is 6.54 Å². The molecule has 20 heavy (non-hydrogen) atoms. The maximum atomic E-state index is 12.7. The summed E-state index contributed by atoms with van der Waals surface area (Å²) < 4.78 is 39.4. The summed E-state index contributed by atoms with van der Waals surface area (Å²) in [4.78, 5) is 2.12. The monoisotopic (exact) mass is 291 g/mol. The Bertz CT molecular complexity index is 454. The number of fused-ring (bicyclic) bond motifs is 1. The minimum Gasteiger partial charge on any atom is -0.315 e. The molecule has 2 rings (SSSR count). The first-order valence-electron chi connectivity index (χ1n) is 6.71. The van der Waals surface area contributed by atoms with E-state index in [9.17, 15) is 13.2 Å². The first-order valence-corrected chi connectivity index (χ1v) is 6.71. The van der Waals surface area contributed by atoms with Gasteiger partial charge in [-0.05, 0) is 13.0 Å². The maximum absolute atomic E-state index is 12.7. The lowest BCUT2D eigenvalue weighted by molar-refractivity contribution is -0.148. The van der Waals surface area contributed by atoms with Crippen LogP contribution in [0.15, 0.2) is 0 Å². The third kappa shape index (κ3) is 3.12. The number of halogens is 3. The van der Waals surface area contributed by atoms with Crippen LogP contribution < -0.4 is 5.32 Å². The summed E-state index contributed by atoms with van der Waals surface area (Å²) in [6.45, 7) is 6.31. The van der Waals surface area contributed by atoms with E-state index < -0.39 is 12.0 Å². The van der Waals surface area contributed by atoms with Gasteiger partial charge in [-0.15, -0.1) is 10.2 Å². The molecule has 2 heterocycles. The highest BCUT2D eigenvalue weighted by atomic mass is 19.4. The zero-order chi connectivity index (χ0) is 14.9. The van der Waals surface area contributed by atoms with Crippen molar-refractivity contribution in [1.82, 2.24) is 25.0 Å². The average molecular weight is 291 g/mol. The minimum atomic E-state index is -4.43. The predicted octanol–water partition coefficient (Wildman–Crippen LogP) is 1.36. The molecule has 0 aliphatic carbocycles. The molecule has 1 aliphatic heterocycles. The van der Waals surface area contributed by atoms with E-state index in [2.05, 4.69) is 34.3 Å². The van der Waals surface area contributed by atoms with Gasteiger partial charge in [-0.25, -0.2) is 0 Å². The Hall–Kier alpha value is -1.15. The van der Waals surface area contributed by atoms with Crippen LogP contribution in [-0.2, 0) is 19.3 Å². The van der Waals surface area contributed by atoms with Gasteiger partial charge in [0.25, 0.3) is 0 Å². The van der Waals surface area contributed by atoms with Gasteiger partial charge in [0.15, 0.2) is 0 Å². The van der Waals surface area contributed by atoms with Crippen molar-refractivity contribution in [2.45, 2.75) is 39.2 Å². The van der Waals surface area contributed by atoms with Gasteiger partial charge in [0.2, 0.25) is 5.82 Å². The summed E-state index contributed by atoms with van der Waals surface area (Å²) in [5, 5.41) is 10.2. The second kappa shape index (κ2) is 5.69. The van der Waals surface area contributed by atoms with Crippen LogP contribution in [0, 0.1) is 5.92 Å². The molecule has 1 aliphatic rings. The lowest BCUT2D eigenvalue weighted by Crippen LogP contribution is -2.45. The summed E-state index contributed by atoms with van der Waals surface area (Å²) in [6.07, 6.45) is -4.43. The molecule has 1 N–H and O–H groups in total. The van der Waals surface area contributed by atoms with E-state index in [0.29, 0.717) is 30.9 Å². The number of nitrogens with one attached hydrogen (secondary N) is 1. The fourth-order valence-corrected chi connectivity index (χ4v) is 2.49. The number of hydrogen-bond donors (Lipinski definition) is 1. The zero-order valence-corrected chi connectivity index (χ0v) is 11.9. The average Bonchev–Trinajstić information content (AvgIpc) is 2.78. The fraction of sp³-hybridized carbons (Fsp3) is 0.833. The van der Waals surface area contributed by atoms with Crippen molar-refractivity contribution in [3.8, 4) is 0 Å². The molecule has 0 radical (unpaired) electrons. The van der Waals surface area contributed by atoms with Gasteiger partial charge in [0.1, 0.15) is 5.82 Å². The molecule has 1 atom stereocenters. The molecule has 5 nitrogen and oxygen atoms in total. The third-order valence-corrected chi connectivity index (χ3v) is 3.72. The molecule has 0 fully saturated rings. The highest BCUT2D eigenvalue weighted by molar-refractivity contribution is 5.02. The van der Waals surface area contributed by atoms with Crippen LogP contribution in [0.3, 0.4) is 0 Å². The molecule has 1 aromatic rings. The van der Waals surface area contributed by atoms with E-state index in [0.717, 1.165) is 6.54 Å². The van der Waals surface area contributed by atoms with Gasteiger partial charge >= 0.3 is 6.18 Å². The largest absolute Gasteiger partial charge is 0.451 e. The molecule has 0 amide bonds. The van der Waals surface area contributed by atoms with Crippen LogP contribution >= 0.6 is 0 Å². The van der Waals surface area contributed by atoms with Crippen molar-refractivity contribution in [3.05, 3.63) is 11.6 Å². The molecule has 1 aromatic heterocycles. The summed E-state index contributed by atoms with van der Waals surface area (Å²) in [7, 11) is 1.90. The van der Waals surface area contributed by atoms with Crippen molar-refractivity contribution in [3.63, 3.8) is 0 Å². The highest BCUT2D eigenvalue weighted by Gasteiger charge is 2.39. The predicted molar refractivity (Wildman–Crippen MR) is 68.0 cm³/mol. The van der Waals surface area contributed by atoms with E-state index in [4.69, 9.17) is 0 Å². The Kier molecular flexibility index (Phi) is 4.33. The van der Waals surface area contributed by atoms with Crippen LogP contribution in [0.2, 0.25) is 0 Å². The van der Waals surface area contributed by atoms with Crippen LogP contribution in [0.5, 0.6) is 0 Å². The molecular formula is C12H20F3N5. The molecule has 0 saturated carbocycles. The Morgan fingerprint density at radius 2 is 1.95 bits per heavy atom. The molecule has 114 valence electrons. The third-order valence-electron chi connectivity index (χ3n) is 3.72. The number of alkyl halides is 3. The number of rotatable bonds is 4. The Labute approximate surface area is 116 Å². The van der Waals surface area contributed by atoms with E-state index >= 15 is 0 Å².